The molecule has 2 nitrogen and oxygen atoms in total. The maximum absolute atomic E-state index is 8.73. The Morgan fingerprint density at radius 2 is 2.23 bits per heavy atom. The van der Waals surface area contributed by atoms with E-state index in [2.05, 4.69) is 15.9 Å². The third-order valence-electron chi connectivity index (χ3n) is 2.05. The highest BCUT2D eigenvalue weighted by molar-refractivity contribution is 9.10. The minimum absolute atomic E-state index is 0.0585. The predicted molar refractivity (Wildman–Crippen MR) is 57.5 cm³/mol. The van der Waals surface area contributed by atoms with Crippen LogP contribution >= 0.6 is 15.9 Å². The van der Waals surface area contributed by atoms with E-state index < -0.39 is 0 Å². The molecule has 3 heteroatoms. The predicted octanol–water partition coefficient (Wildman–Crippen LogP) is 2.14. The second-order valence-corrected chi connectivity index (χ2v) is 3.98. The molecule has 0 fully saturated rings. The number of aliphatic hydroxyl groups is 1. The second kappa shape index (κ2) is 4.74. The van der Waals surface area contributed by atoms with Crippen molar-refractivity contribution >= 4 is 15.9 Å². The van der Waals surface area contributed by atoms with E-state index >= 15 is 0 Å². The zero-order valence-corrected chi connectivity index (χ0v) is 9.21. The highest BCUT2D eigenvalue weighted by Gasteiger charge is 2.05. The van der Waals surface area contributed by atoms with Crippen molar-refractivity contribution in [2.75, 3.05) is 6.61 Å². The largest absolute Gasteiger partial charge is 0.396 e. The quantitative estimate of drug-likeness (QED) is 0.855. The molecule has 0 saturated heterocycles. The minimum Gasteiger partial charge on any atom is -0.396 e. The van der Waals surface area contributed by atoms with Gasteiger partial charge < -0.3 is 10.8 Å². The van der Waals surface area contributed by atoms with Crippen molar-refractivity contribution in [3.05, 3.63) is 33.8 Å². The minimum atomic E-state index is -0.0585. The first kappa shape index (κ1) is 10.7. The Hall–Kier alpha value is -0.380. The standard InChI is InChI=1S/C10H14BrNO/c1-7-6-8(2-3-9(7)11)10(12)4-5-13/h2-3,6,10,13H,4-5,12H2,1H3. The zero-order valence-electron chi connectivity index (χ0n) is 7.63. The van der Waals surface area contributed by atoms with Gasteiger partial charge in [-0.2, -0.15) is 0 Å². The Bertz CT molecular complexity index is 288. The molecule has 0 saturated carbocycles. The lowest BCUT2D eigenvalue weighted by molar-refractivity contribution is 0.276. The molecule has 1 aromatic carbocycles. The number of nitrogens with two attached hydrogens (primary N) is 1. The lowest BCUT2D eigenvalue weighted by Crippen LogP contribution is -2.11. The number of hydrogen-bond donors (Lipinski definition) is 2. The first-order chi connectivity index (χ1) is 6.15. The lowest BCUT2D eigenvalue weighted by atomic mass is 10.0. The van der Waals surface area contributed by atoms with Crippen LogP contribution in [0.15, 0.2) is 22.7 Å². The summed E-state index contributed by atoms with van der Waals surface area (Å²) in [5.74, 6) is 0. The van der Waals surface area contributed by atoms with Crippen molar-refractivity contribution in [3.8, 4) is 0 Å². The Morgan fingerprint density at radius 1 is 1.54 bits per heavy atom. The van der Waals surface area contributed by atoms with Gasteiger partial charge in [0.25, 0.3) is 0 Å². The number of halogens is 1. The van der Waals surface area contributed by atoms with Gasteiger partial charge in [-0.3, -0.25) is 0 Å². The van der Waals surface area contributed by atoms with E-state index in [4.69, 9.17) is 10.8 Å². The Morgan fingerprint density at radius 3 is 2.77 bits per heavy atom. The number of benzene rings is 1. The molecule has 1 aromatic rings. The molecule has 0 spiro atoms. The van der Waals surface area contributed by atoms with Crippen molar-refractivity contribution in [1.82, 2.24) is 0 Å². The molecule has 1 unspecified atom stereocenters. The van der Waals surface area contributed by atoms with Crippen LogP contribution in [0.3, 0.4) is 0 Å². The average molecular weight is 244 g/mol. The van der Waals surface area contributed by atoms with E-state index in [1.54, 1.807) is 0 Å². The maximum Gasteiger partial charge on any atom is 0.0449 e. The molecule has 0 radical (unpaired) electrons. The van der Waals surface area contributed by atoms with Crippen LogP contribution in [0.25, 0.3) is 0 Å². The van der Waals surface area contributed by atoms with Gasteiger partial charge in [0.15, 0.2) is 0 Å². The van der Waals surface area contributed by atoms with Gasteiger partial charge in [0.2, 0.25) is 0 Å². The van der Waals surface area contributed by atoms with Crippen LogP contribution in [0.2, 0.25) is 0 Å². The molecule has 13 heavy (non-hydrogen) atoms. The molecular weight excluding hydrogens is 230 g/mol. The number of aryl methyl sites for hydroxylation is 1. The van der Waals surface area contributed by atoms with Gasteiger partial charge >= 0.3 is 0 Å². The maximum atomic E-state index is 8.73. The van der Waals surface area contributed by atoms with Crippen molar-refractivity contribution in [2.45, 2.75) is 19.4 Å². The van der Waals surface area contributed by atoms with E-state index in [1.165, 1.54) is 5.56 Å². The molecule has 0 aromatic heterocycles. The van der Waals surface area contributed by atoms with E-state index in [0.29, 0.717) is 6.42 Å². The Balaban J connectivity index is 2.84. The van der Waals surface area contributed by atoms with Crippen LogP contribution in [0.4, 0.5) is 0 Å². The molecule has 0 aliphatic heterocycles. The van der Waals surface area contributed by atoms with E-state index in [9.17, 15) is 0 Å². The normalized spacial score (nSPS) is 12.9. The number of rotatable bonds is 3. The molecule has 1 atom stereocenters. The summed E-state index contributed by atoms with van der Waals surface area (Å²) in [6.07, 6.45) is 0.612. The highest BCUT2D eigenvalue weighted by Crippen LogP contribution is 2.21. The Kier molecular flexibility index (Phi) is 3.90. The van der Waals surface area contributed by atoms with Gasteiger partial charge in [-0.25, -0.2) is 0 Å². The first-order valence-electron chi connectivity index (χ1n) is 4.27. The van der Waals surface area contributed by atoms with Gasteiger partial charge in [0, 0.05) is 17.1 Å². The molecule has 72 valence electrons. The SMILES string of the molecule is Cc1cc(C(N)CCO)ccc1Br. The molecule has 0 aliphatic rings. The van der Waals surface area contributed by atoms with Gasteiger partial charge in [0.05, 0.1) is 0 Å². The van der Waals surface area contributed by atoms with Crippen LogP contribution < -0.4 is 5.73 Å². The fourth-order valence-corrected chi connectivity index (χ4v) is 1.45. The molecule has 0 amide bonds. The molecule has 0 aliphatic carbocycles. The van der Waals surface area contributed by atoms with Crippen molar-refractivity contribution in [1.29, 1.82) is 0 Å². The first-order valence-corrected chi connectivity index (χ1v) is 5.07. The van der Waals surface area contributed by atoms with Crippen LogP contribution in [-0.4, -0.2) is 11.7 Å². The summed E-state index contributed by atoms with van der Waals surface area (Å²) in [5, 5.41) is 8.73. The van der Waals surface area contributed by atoms with Gasteiger partial charge in [-0.1, -0.05) is 28.1 Å². The van der Waals surface area contributed by atoms with Crippen LogP contribution in [0, 0.1) is 6.92 Å². The summed E-state index contributed by atoms with van der Waals surface area (Å²) in [6, 6.07) is 5.96. The third-order valence-corrected chi connectivity index (χ3v) is 2.94. The van der Waals surface area contributed by atoms with E-state index in [0.717, 1.165) is 10.0 Å². The fraction of sp³-hybridized carbons (Fsp3) is 0.400. The fourth-order valence-electron chi connectivity index (χ4n) is 1.20. The summed E-state index contributed by atoms with van der Waals surface area (Å²) in [7, 11) is 0. The van der Waals surface area contributed by atoms with E-state index in [-0.39, 0.29) is 12.6 Å². The zero-order chi connectivity index (χ0) is 9.84. The lowest BCUT2D eigenvalue weighted by Gasteiger charge is -2.11. The van der Waals surface area contributed by atoms with Crippen molar-refractivity contribution in [2.24, 2.45) is 5.73 Å². The Labute approximate surface area is 86.9 Å². The topological polar surface area (TPSA) is 46.2 Å². The number of aliphatic hydroxyl groups excluding tert-OH is 1. The molecule has 1 rings (SSSR count). The van der Waals surface area contributed by atoms with Crippen molar-refractivity contribution < 1.29 is 5.11 Å². The summed E-state index contributed by atoms with van der Waals surface area (Å²) >= 11 is 3.43. The summed E-state index contributed by atoms with van der Waals surface area (Å²) in [6.45, 7) is 2.16. The average Bonchev–Trinajstić information content (AvgIpc) is 2.10. The molecule has 3 N–H and O–H groups in total. The van der Waals surface area contributed by atoms with Gasteiger partial charge in [0.1, 0.15) is 0 Å². The van der Waals surface area contributed by atoms with Crippen LogP contribution in [0.5, 0.6) is 0 Å². The molecule has 0 bridgehead atoms. The molecule has 0 heterocycles. The number of hydrogen-bond acceptors (Lipinski definition) is 2. The molecular formula is C10H14BrNO. The smallest absolute Gasteiger partial charge is 0.0449 e. The van der Waals surface area contributed by atoms with E-state index in [1.807, 2.05) is 25.1 Å². The summed E-state index contributed by atoms with van der Waals surface area (Å²) < 4.78 is 1.09. The van der Waals surface area contributed by atoms with Gasteiger partial charge in [-0.15, -0.1) is 0 Å². The van der Waals surface area contributed by atoms with Crippen LogP contribution in [-0.2, 0) is 0 Å². The summed E-state index contributed by atoms with van der Waals surface area (Å²) in [5.41, 5.74) is 8.10. The summed E-state index contributed by atoms with van der Waals surface area (Å²) in [4.78, 5) is 0. The highest BCUT2D eigenvalue weighted by atomic mass is 79.9. The third kappa shape index (κ3) is 2.79. The monoisotopic (exact) mass is 243 g/mol. The van der Waals surface area contributed by atoms with Crippen molar-refractivity contribution in [3.63, 3.8) is 0 Å². The van der Waals surface area contributed by atoms with Gasteiger partial charge in [-0.05, 0) is 30.5 Å². The second-order valence-electron chi connectivity index (χ2n) is 3.13. The van der Waals surface area contributed by atoms with Crippen LogP contribution in [0.1, 0.15) is 23.6 Å².